The van der Waals surface area contributed by atoms with Gasteiger partial charge >= 0.3 is 0 Å². The minimum atomic E-state index is 0.689. The summed E-state index contributed by atoms with van der Waals surface area (Å²) in [5.41, 5.74) is 3.75. The van der Waals surface area contributed by atoms with Crippen LogP contribution in [0, 0.1) is 6.92 Å². The number of hydrogen-bond acceptors (Lipinski definition) is 5. The molecule has 0 saturated carbocycles. The zero-order valence-corrected chi connectivity index (χ0v) is 10.8. The normalized spacial score (nSPS) is 10.8. The van der Waals surface area contributed by atoms with E-state index in [4.69, 9.17) is 0 Å². The molecule has 6 heteroatoms. The van der Waals surface area contributed by atoms with Crippen LogP contribution in [-0.4, -0.2) is 24.8 Å². The fourth-order valence-electron chi connectivity index (χ4n) is 1.85. The molecule has 0 aliphatic heterocycles. The first-order valence-electron chi connectivity index (χ1n) is 6.16. The number of hydrogen-bond donors (Lipinski definition) is 1. The summed E-state index contributed by atoms with van der Waals surface area (Å²) < 4.78 is 1.77. The van der Waals surface area contributed by atoms with Gasteiger partial charge in [-0.25, -0.2) is 9.50 Å². The average molecular weight is 254 g/mol. The average Bonchev–Trinajstić information content (AvgIpc) is 2.83. The SMILES string of the molecule is CCc1cnn2cc(Nc3ccc(C)nn3)cnc12. The van der Waals surface area contributed by atoms with Gasteiger partial charge in [0.2, 0.25) is 0 Å². The Morgan fingerprint density at radius 1 is 1.21 bits per heavy atom. The summed E-state index contributed by atoms with van der Waals surface area (Å²) in [6, 6.07) is 3.79. The Bertz CT molecular complexity index is 701. The number of rotatable bonds is 3. The van der Waals surface area contributed by atoms with Gasteiger partial charge in [-0.3, -0.25) is 0 Å². The van der Waals surface area contributed by atoms with Crippen LogP contribution in [0.25, 0.3) is 5.65 Å². The number of aromatic nitrogens is 5. The van der Waals surface area contributed by atoms with E-state index in [1.807, 2.05) is 31.5 Å². The smallest absolute Gasteiger partial charge is 0.158 e. The number of nitrogens with zero attached hydrogens (tertiary/aromatic N) is 5. The van der Waals surface area contributed by atoms with Crippen molar-refractivity contribution in [3.63, 3.8) is 0 Å². The van der Waals surface area contributed by atoms with Gasteiger partial charge in [0.25, 0.3) is 0 Å². The molecular formula is C13H14N6. The molecule has 0 saturated heterocycles. The Balaban J connectivity index is 1.91. The minimum Gasteiger partial charge on any atom is -0.336 e. The third-order valence-corrected chi connectivity index (χ3v) is 2.88. The molecule has 0 spiro atoms. The molecule has 96 valence electrons. The van der Waals surface area contributed by atoms with Gasteiger partial charge in [0.05, 0.1) is 30.0 Å². The van der Waals surface area contributed by atoms with Crippen molar-refractivity contribution in [3.05, 3.63) is 42.0 Å². The van der Waals surface area contributed by atoms with E-state index in [1.165, 1.54) is 0 Å². The Kier molecular flexibility index (Phi) is 2.83. The van der Waals surface area contributed by atoms with E-state index in [0.717, 1.165) is 29.0 Å². The van der Waals surface area contributed by atoms with Gasteiger partial charge in [0.1, 0.15) is 0 Å². The van der Waals surface area contributed by atoms with Crippen LogP contribution in [-0.2, 0) is 6.42 Å². The van der Waals surface area contributed by atoms with Gasteiger partial charge in [-0.05, 0) is 25.5 Å². The zero-order chi connectivity index (χ0) is 13.2. The molecule has 0 aliphatic rings. The maximum absolute atomic E-state index is 4.42. The predicted octanol–water partition coefficient (Wildman–Crippen LogP) is 2.13. The number of nitrogens with one attached hydrogen (secondary N) is 1. The number of anilines is 2. The summed E-state index contributed by atoms with van der Waals surface area (Å²) in [7, 11) is 0. The number of fused-ring (bicyclic) bond motifs is 1. The fraction of sp³-hybridized carbons (Fsp3) is 0.231. The molecule has 6 nitrogen and oxygen atoms in total. The van der Waals surface area contributed by atoms with Crippen molar-refractivity contribution in [2.24, 2.45) is 0 Å². The third kappa shape index (κ3) is 2.24. The molecule has 19 heavy (non-hydrogen) atoms. The van der Waals surface area contributed by atoms with Gasteiger partial charge in [-0.1, -0.05) is 6.92 Å². The second kappa shape index (κ2) is 4.64. The molecule has 0 bridgehead atoms. The van der Waals surface area contributed by atoms with E-state index >= 15 is 0 Å². The lowest BCUT2D eigenvalue weighted by atomic mass is 10.3. The number of aryl methyl sites for hydroxylation is 2. The van der Waals surface area contributed by atoms with E-state index in [9.17, 15) is 0 Å². The van der Waals surface area contributed by atoms with Crippen LogP contribution in [0.15, 0.2) is 30.7 Å². The van der Waals surface area contributed by atoms with Gasteiger partial charge in [0, 0.05) is 5.56 Å². The van der Waals surface area contributed by atoms with Crippen molar-refractivity contribution in [2.75, 3.05) is 5.32 Å². The second-order valence-electron chi connectivity index (χ2n) is 4.32. The molecule has 3 aromatic heterocycles. The highest BCUT2D eigenvalue weighted by molar-refractivity contribution is 5.56. The van der Waals surface area contributed by atoms with Crippen LogP contribution in [0.2, 0.25) is 0 Å². The van der Waals surface area contributed by atoms with Crippen LogP contribution >= 0.6 is 0 Å². The summed E-state index contributed by atoms with van der Waals surface area (Å²) in [6.45, 7) is 3.99. The van der Waals surface area contributed by atoms with Crippen molar-refractivity contribution >= 4 is 17.2 Å². The third-order valence-electron chi connectivity index (χ3n) is 2.88. The van der Waals surface area contributed by atoms with E-state index in [0.29, 0.717) is 5.82 Å². The first-order chi connectivity index (χ1) is 9.26. The topological polar surface area (TPSA) is 68.0 Å². The Morgan fingerprint density at radius 3 is 2.84 bits per heavy atom. The van der Waals surface area contributed by atoms with Crippen molar-refractivity contribution < 1.29 is 0 Å². The van der Waals surface area contributed by atoms with Crippen LogP contribution in [0.4, 0.5) is 11.5 Å². The van der Waals surface area contributed by atoms with Crippen molar-refractivity contribution in [1.29, 1.82) is 0 Å². The molecule has 0 atom stereocenters. The molecule has 1 N–H and O–H groups in total. The molecule has 0 radical (unpaired) electrons. The molecule has 0 aromatic carbocycles. The van der Waals surface area contributed by atoms with Crippen LogP contribution in [0.3, 0.4) is 0 Å². The Morgan fingerprint density at radius 2 is 2.11 bits per heavy atom. The Hall–Kier alpha value is -2.50. The lowest BCUT2D eigenvalue weighted by Gasteiger charge is -2.05. The molecule has 0 fully saturated rings. The second-order valence-corrected chi connectivity index (χ2v) is 4.32. The molecule has 3 rings (SSSR count). The van der Waals surface area contributed by atoms with Crippen molar-refractivity contribution in [3.8, 4) is 0 Å². The summed E-state index contributed by atoms with van der Waals surface area (Å²) in [5.74, 6) is 0.689. The van der Waals surface area contributed by atoms with Gasteiger partial charge < -0.3 is 5.32 Å². The fourth-order valence-corrected chi connectivity index (χ4v) is 1.85. The molecule has 0 unspecified atom stereocenters. The lowest BCUT2D eigenvalue weighted by Crippen LogP contribution is -1.99. The van der Waals surface area contributed by atoms with Gasteiger partial charge in [-0.2, -0.15) is 10.2 Å². The first kappa shape index (κ1) is 11.6. The van der Waals surface area contributed by atoms with Crippen LogP contribution < -0.4 is 5.32 Å². The van der Waals surface area contributed by atoms with Gasteiger partial charge in [0.15, 0.2) is 11.5 Å². The summed E-state index contributed by atoms with van der Waals surface area (Å²) in [4.78, 5) is 4.42. The highest BCUT2D eigenvalue weighted by atomic mass is 15.3. The Labute approximate surface area is 110 Å². The summed E-state index contributed by atoms with van der Waals surface area (Å²) >= 11 is 0. The molecule has 0 amide bonds. The maximum atomic E-state index is 4.42. The van der Waals surface area contributed by atoms with Crippen LogP contribution in [0.1, 0.15) is 18.2 Å². The first-order valence-corrected chi connectivity index (χ1v) is 6.16. The van der Waals surface area contributed by atoms with Crippen molar-refractivity contribution in [1.82, 2.24) is 24.8 Å². The minimum absolute atomic E-state index is 0.689. The van der Waals surface area contributed by atoms with Crippen molar-refractivity contribution in [2.45, 2.75) is 20.3 Å². The predicted molar refractivity (Wildman–Crippen MR) is 72.4 cm³/mol. The zero-order valence-electron chi connectivity index (χ0n) is 10.8. The van der Waals surface area contributed by atoms with E-state index in [1.54, 1.807) is 10.7 Å². The van der Waals surface area contributed by atoms with E-state index < -0.39 is 0 Å². The summed E-state index contributed by atoms with van der Waals surface area (Å²) in [6.07, 6.45) is 6.44. The summed E-state index contributed by atoms with van der Waals surface area (Å²) in [5, 5.41) is 15.5. The lowest BCUT2D eigenvalue weighted by molar-refractivity contribution is 0.938. The highest BCUT2D eigenvalue weighted by Gasteiger charge is 2.04. The van der Waals surface area contributed by atoms with Gasteiger partial charge in [-0.15, -0.1) is 5.10 Å². The highest BCUT2D eigenvalue weighted by Crippen LogP contribution is 2.15. The quantitative estimate of drug-likeness (QED) is 0.775. The maximum Gasteiger partial charge on any atom is 0.158 e. The van der Waals surface area contributed by atoms with E-state index in [2.05, 4.69) is 32.5 Å². The molecule has 0 aliphatic carbocycles. The standard InChI is InChI=1S/C13H14N6/c1-3-10-6-15-19-8-11(7-14-13(10)19)16-12-5-4-9(2)17-18-12/h4-8H,3H2,1-2H3,(H,16,18). The van der Waals surface area contributed by atoms with E-state index in [-0.39, 0.29) is 0 Å². The molecular weight excluding hydrogens is 240 g/mol. The largest absolute Gasteiger partial charge is 0.336 e. The van der Waals surface area contributed by atoms with Crippen LogP contribution in [0.5, 0.6) is 0 Å². The molecule has 3 heterocycles. The monoisotopic (exact) mass is 254 g/mol. The molecule has 3 aromatic rings.